The first-order valence-electron chi connectivity index (χ1n) is 3.87. The molecule has 76 valence electrons. The van der Waals surface area contributed by atoms with Crippen LogP contribution >= 0.6 is 11.6 Å². The summed E-state index contributed by atoms with van der Waals surface area (Å²) in [5, 5.41) is -0.0120. The van der Waals surface area contributed by atoms with E-state index in [0.717, 1.165) is 0 Å². The summed E-state index contributed by atoms with van der Waals surface area (Å²) < 4.78 is 9.93. The highest BCUT2D eigenvalue weighted by Crippen LogP contribution is 2.11. The van der Waals surface area contributed by atoms with Crippen LogP contribution in [0.4, 0.5) is 0 Å². The van der Waals surface area contributed by atoms with Crippen LogP contribution in [0, 0.1) is 0 Å². The topological polar surface area (TPSA) is 61.3 Å². The average molecular weight is 217 g/mol. The molecule has 0 aliphatic carbocycles. The maximum atomic E-state index is 10.4. The summed E-state index contributed by atoms with van der Waals surface area (Å²) in [5.41, 5.74) is 0.192. The first-order chi connectivity index (χ1) is 6.76. The van der Waals surface area contributed by atoms with Crippen molar-refractivity contribution in [3.63, 3.8) is 0 Å². The molecule has 0 aliphatic heterocycles. The smallest absolute Gasteiger partial charge is 0.226 e. The van der Waals surface area contributed by atoms with Crippen LogP contribution in [0.25, 0.3) is 0 Å². The lowest BCUT2D eigenvalue weighted by atomic mass is 10.4. The number of aldehydes is 1. The van der Waals surface area contributed by atoms with Gasteiger partial charge in [0.1, 0.15) is 12.3 Å². The molecule has 1 rings (SSSR count). The van der Waals surface area contributed by atoms with Gasteiger partial charge in [-0.1, -0.05) is 0 Å². The summed E-state index contributed by atoms with van der Waals surface area (Å²) in [6, 6.07) is 1.41. The van der Waals surface area contributed by atoms with Gasteiger partial charge in [0.25, 0.3) is 0 Å². The second kappa shape index (κ2) is 5.51. The molecule has 0 spiro atoms. The van der Waals surface area contributed by atoms with Crippen LogP contribution in [0.3, 0.4) is 0 Å². The van der Waals surface area contributed by atoms with Gasteiger partial charge >= 0.3 is 0 Å². The van der Waals surface area contributed by atoms with Crippen molar-refractivity contribution < 1.29 is 14.3 Å². The quantitative estimate of drug-likeness (QED) is 0.417. The Labute approximate surface area is 86.0 Å². The van der Waals surface area contributed by atoms with Crippen molar-refractivity contribution in [1.82, 2.24) is 9.97 Å². The van der Waals surface area contributed by atoms with Crippen LogP contribution in [0.1, 0.15) is 10.5 Å². The zero-order valence-corrected chi connectivity index (χ0v) is 8.32. The number of hydrogen-bond acceptors (Lipinski definition) is 5. The van der Waals surface area contributed by atoms with Gasteiger partial charge in [0, 0.05) is 13.2 Å². The minimum atomic E-state index is -0.0120. The molecule has 1 aromatic heterocycles. The summed E-state index contributed by atoms with van der Waals surface area (Å²) in [6.07, 6.45) is 0.580. The van der Waals surface area contributed by atoms with Crippen molar-refractivity contribution in [1.29, 1.82) is 0 Å². The third-order valence-electron chi connectivity index (χ3n) is 1.35. The maximum Gasteiger partial charge on any atom is 0.226 e. The Bertz CT molecular complexity index is 319. The molecule has 0 aromatic carbocycles. The molecule has 14 heavy (non-hydrogen) atoms. The number of hydrogen-bond donors (Lipinski definition) is 0. The summed E-state index contributed by atoms with van der Waals surface area (Å²) in [6.45, 7) is 0.792. The van der Waals surface area contributed by atoms with Crippen molar-refractivity contribution in [2.45, 2.75) is 0 Å². The SMILES string of the molecule is COCCOc1cc(C=O)nc(Cl)n1. The molecule has 1 heterocycles. The van der Waals surface area contributed by atoms with E-state index in [2.05, 4.69) is 9.97 Å². The Kier molecular flexibility index (Phi) is 4.28. The fourth-order valence-electron chi connectivity index (χ4n) is 0.777. The zero-order valence-electron chi connectivity index (χ0n) is 7.57. The van der Waals surface area contributed by atoms with Crippen LogP contribution in [-0.2, 0) is 4.74 Å². The molecule has 0 atom stereocenters. The standard InChI is InChI=1S/C8H9ClN2O3/c1-13-2-3-14-7-4-6(5-12)10-8(9)11-7/h4-5H,2-3H2,1H3. The van der Waals surface area contributed by atoms with E-state index < -0.39 is 0 Å². The molecule has 5 nitrogen and oxygen atoms in total. The fourth-order valence-corrected chi connectivity index (χ4v) is 0.958. The number of aromatic nitrogens is 2. The second-order valence-corrected chi connectivity index (χ2v) is 2.70. The van der Waals surface area contributed by atoms with Crippen molar-refractivity contribution >= 4 is 17.9 Å². The first kappa shape index (κ1) is 10.9. The van der Waals surface area contributed by atoms with Gasteiger partial charge in [0.15, 0.2) is 6.29 Å². The molecule has 0 aliphatic rings. The van der Waals surface area contributed by atoms with E-state index in [1.165, 1.54) is 6.07 Å². The lowest BCUT2D eigenvalue weighted by Crippen LogP contribution is -2.06. The van der Waals surface area contributed by atoms with E-state index in [0.29, 0.717) is 19.5 Å². The molecule has 0 saturated heterocycles. The average Bonchev–Trinajstić information content (AvgIpc) is 2.17. The minimum Gasteiger partial charge on any atom is -0.475 e. The normalized spacial score (nSPS) is 9.86. The third kappa shape index (κ3) is 3.27. The number of rotatable bonds is 5. The molecule has 0 N–H and O–H groups in total. The van der Waals surface area contributed by atoms with Crippen LogP contribution in [0.15, 0.2) is 6.07 Å². The molecule has 6 heteroatoms. The summed E-state index contributed by atoms with van der Waals surface area (Å²) in [7, 11) is 1.56. The largest absolute Gasteiger partial charge is 0.475 e. The Morgan fingerprint density at radius 3 is 2.93 bits per heavy atom. The van der Waals surface area contributed by atoms with Gasteiger partial charge in [-0.25, -0.2) is 4.98 Å². The summed E-state index contributed by atoms with van der Waals surface area (Å²) >= 11 is 5.55. The van der Waals surface area contributed by atoms with E-state index in [-0.39, 0.29) is 16.9 Å². The van der Waals surface area contributed by atoms with Crippen molar-refractivity contribution in [3.05, 3.63) is 17.0 Å². The van der Waals surface area contributed by atoms with Crippen LogP contribution in [0.2, 0.25) is 5.28 Å². The lowest BCUT2D eigenvalue weighted by molar-refractivity contribution is 0.111. The molecule has 0 fully saturated rings. The Morgan fingerprint density at radius 2 is 2.29 bits per heavy atom. The Morgan fingerprint density at radius 1 is 1.50 bits per heavy atom. The number of methoxy groups -OCH3 is 1. The highest BCUT2D eigenvalue weighted by Gasteiger charge is 2.02. The van der Waals surface area contributed by atoms with Gasteiger partial charge in [-0.05, 0) is 11.6 Å². The first-order valence-corrected chi connectivity index (χ1v) is 4.25. The van der Waals surface area contributed by atoms with E-state index in [4.69, 9.17) is 21.1 Å². The number of carbonyl (C=O) groups is 1. The van der Waals surface area contributed by atoms with Crippen LogP contribution < -0.4 is 4.74 Å². The number of carbonyl (C=O) groups excluding carboxylic acids is 1. The van der Waals surface area contributed by atoms with Crippen LogP contribution in [0.5, 0.6) is 5.88 Å². The monoisotopic (exact) mass is 216 g/mol. The maximum absolute atomic E-state index is 10.4. The summed E-state index contributed by atoms with van der Waals surface area (Å²) in [4.78, 5) is 17.8. The van der Waals surface area contributed by atoms with Gasteiger partial charge < -0.3 is 9.47 Å². The van der Waals surface area contributed by atoms with Gasteiger partial charge in [-0.3, -0.25) is 4.79 Å². The molecule has 1 aromatic rings. The van der Waals surface area contributed by atoms with Crippen molar-refractivity contribution in [3.8, 4) is 5.88 Å². The van der Waals surface area contributed by atoms with Crippen molar-refractivity contribution in [2.24, 2.45) is 0 Å². The molecule has 0 bridgehead atoms. The molecule has 0 radical (unpaired) electrons. The molecule has 0 amide bonds. The van der Waals surface area contributed by atoms with Crippen molar-refractivity contribution in [2.75, 3.05) is 20.3 Å². The van der Waals surface area contributed by atoms with Gasteiger partial charge in [0.05, 0.1) is 6.61 Å². The highest BCUT2D eigenvalue weighted by atomic mass is 35.5. The molecule has 0 unspecified atom stereocenters. The predicted octanol–water partition coefficient (Wildman–Crippen LogP) is 0.968. The minimum absolute atomic E-state index is 0.0120. The van der Waals surface area contributed by atoms with Gasteiger partial charge in [0.2, 0.25) is 11.2 Å². The third-order valence-corrected chi connectivity index (χ3v) is 1.52. The fraction of sp³-hybridized carbons (Fsp3) is 0.375. The van der Waals surface area contributed by atoms with E-state index in [1.807, 2.05) is 0 Å². The second-order valence-electron chi connectivity index (χ2n) is 2.36. The number of nitrogens with zero attached hydrogens (tertiary/aromatic N) is 2. The Balaban J connectivity index is 2.66. The molecular formula is C8H9ClN2O3. The number of ether oxygens (including phenoxy) is 2. The Hall–Kier alpha value is -1.20. The van der Waals surface area contributed by atoms with E-state index >= 15 is 0 Å². The summed E-state index contributed by atoms with van der Waals surface area (Å²) in [5.74, 6) is 0.268. The van der Waals surface area contributed by atoms with E-state index in [9.17, 15) is 4.79 Å². The van der Waals surface area contributed by atoms with E-state index in [1.54, 1.807) is 7.11 Å². The highest BCUT2D eigenvalue weighted by molar-refractivity contribution is 6.28. The number of halogens is 1. The van der Waals surface area contributed by atoms with Crippen LogP contribution in [-0.4, -0.2) is 36.6 Å². The van der Waals surface area contributed by atoms with Gasteiger partial charge in [-0.15, -0.1) is 0 Å². The van der Waals surface area contributed by atoms with Gasteiger partial charge in [-0.2, -0.15) is 4.98 Å². The predicted molar refractivity (Wildman–Crippen MR) is 49.8 cm³/mol. The lowest BCUT2D eigenvalue weighted by Gasteiger charge is -2.04. The molecular weight excluding hydrogens is 208 g/mol. The molecule has 0 saturated carbocycles. The zero-order chi connectivity index (χ0) is 10.4.